The standard InChI is InChI=1S/C13H14N4O2S/c1-8-4-5-11(7-14)6-12(8)17-20(18,19)13-9(2)15-16-10(13)3/h4-6,17H,1-3H3,(H,15,16). The van der Waals surface area contributed by atoms with Crippen LogP contribution >= 0.6 is 0 Å². The van der Waals surface area contributed by atoms with E-state index in [0.717, 1.165) is 5.56 Å². The third-order valence-electron chi connectivity index (χ3n) is 2.94. The summed E-state index contributed by atoms with van der Waals surface area (Å²) in [4.78, 5) is 0.138. The van der Waals surface area contributed by atoms with E-state index in [1.165, 1.54) is 6.07 Å². The molecular formula is C13H14N4O2S. The molecule has 0 saturated heterocycles. The first kappa shape index (κ1) is 14.1. The number of aromatic amines is 1. The van der Waals surface area contributed by atoms with E-state index >= 15 is 0 Å². The lowest BCUT2D eigenvalue weighted by Gasteiger charge is -2.11. The maximum Gasteiger partial charge on any atom is 0.265 e. The van der Waals surface area contributed by atoms with Crippen LogP contribution < -0.4 is 4.72 Å². The Balaban J connectivity index is 2.47. The second kappa shape index (κ2) is 4.98. The topological polar surface area (TPSA) is 98.6 Å². The van der Waals surface area contributed by atoms with Crippen molar-refractivity contribution in [2.24, 2.45) is 0 Å². The number of aromatic nitrogens is 2. The highest BCUT2D eigenvalue weighted by Crippen LogP contribution is 2.23. The zero-order valence-corrected chi connectivity index (χ0v) is 12.2. The van der Waals surface area contributed by atoms with E-state index in [9.17, 15) is 8.42 Å². The second-order valence-corrected chi connectivity index (χ2v) is 6.13. The molecule has 0 spiro atoms. The zero-order chi connectivity index (χ0) is 14.9. The molecule has 0 aliphatic heterocycles. The zero-order valence-electron chi connectivity index (χ0n) is 11.4. The van der Waals surface area contributed by atoms with Gasteiger partial charge in [-0.3, -0.25) is 9.82 Å². The van der Waals surface area contributed by atoms with Gasteiger partial charge in [0, 0.05) is 0 Å². The Morgan fingerprint density at radius 1 is 1.30 bits per heavy atom. The van der Waals surface area contributed by atoms with Crippen molar-refractivity contribution in [2.75, 3.05) is 4.72 Å². The van der Waals surface area contributed by atoms with Gasteiger partial charge in [-0.2, -0.15) is 10.4 Å². The molecule has 0 fully saturated rings. The number of nitrogens with one attached hydrogen (secondary N) is 2. The van der Waals surface area contributed by atoms with Gasteiger partial charge in [0.25, 0.3) is 10.0 Å². The molecule has 2 N–H and O–H groups in total. The first-order valence-corrected chi connectivity index (χ1v) is 7.38. The molecule has 1 aromatic carbocycles. The minimum atomic E-state index is -3.73. The Morgan fingerprint density at radius 3 is 2.55 bits per heavy atom. The predicted molar refractivity (Wildman–Crippen MR) is 74.8 cm³/mol. The molecule has 0 saturated carbocycles. The van der Waals surface area contributed by atoms with Gasteiger partial charge < -0.3 is 0 Å². The minimum absolute atomic E-state index is 0.138. The summed E-state index contributed by atoms with van der Waals surface area (Å²) in [6.45, 7) is 5.04. The van der Waals surface area contributed by atoms with Crippen molar-refractivity contribution in [3.63, 3.8) is 0 Å². The van der Waals surface area contributed by atoms with Crippen LogP contribution in [0.4, 0.5) is 5.69 Å². The SMILES string of the molecule is Cc1ccc(C#N)cc1NS(=O)(=O)c1c(C)n[nH]c1C. The molecule has 0 aliphatic rings. The smallest absolute Gasteiger partial charge is 0.265 e. The highest BCUT2D eigenvalue weighted by Gasteiger charge is 2.22. The fraction of sp³-hybridized carbons (Fsp3) is 0.231. The number of hydrogen-bond donors (Lipinski definition) is 2. The first-order valence-electron chi connectivity index (χ1n) is 5.90. The van der Waals surface area contributed by atoms with Gasteiger partial charge in [-0.25, -0.2) is 8.42 Å². The van der Waals surface area contributed by atoms with E-state index in [1.807, 2.05) is 6.07 Å². The fourth-order valence-electron chi connectivity index (χ4n) is 1.93. The van der Waals surface area contributed by atoms with Crippen molar-refractivity contribution in [1.82, 2.24) is 10.2 Å². The number of benzene rings is 1. The van der Waals surface area contributed by atoms with E-state index in [-0.39, 0.29) is 4.90 Å². The lowest BCUT2D eigenvalue weighted by Crippen LogP contribution is -2.15. The predicted octanol–water partition coefficient (Wildman–Crippen LogP) is 2.01. The molecule has 7 heteroatoms. The summed E-state index contributed by atoms with van der Waals surface area (Å²) in [7, 11) is -3.73. The lowest BCUT2D eigenvalue weighted by atomic mass is 10.1. The highest BCUT2D eigenvalue weighted by molar-refractivity contribution is 7.92. The quantitative estimate of drug-likeness (QED) is 0.903. The van der Waals surface area contributed by atoms with E-state index in [0.29, 0.717) is 22.6 Å². The van der Waals surface area contributed by atoms with Crippen molar-refractivity contribution >= 4 is 15.7 Å². The third kappa shape index (κ3) is 2.51. The maximum absolute atomic E-state index is 12.4. The molecule has 104 valence electrons. The van der Waals surface area contributed by atoms with E-state index < -0.39 is 10.0 Å². The third-order valence-corrected chi connectivity index (χ3v) is 4.57. The molecule has 2 rings (SSSR count). The molecule has 0 unspecified atom stereocenters. The van der Waals surface area contributed by atoms with Gasteiger partial charge >= 0.3 is 0 Å². The fourth-order valence-corrected chi connectivity index (χ4v) is 3.43. The number of rotatable bonds is 3. The number of nitrogens with zero attached hydrogens (tertiary/aromatic N) is 2. The van der Waals surface area contributed by atoms with Crippen molar-refractivity contribution in [2.45, 2.75) is 25.7 Å². The van der Waals surface area contributed by atoms with Gasteiger partial charge in [0.1, 0.15) is 4.90 Å². The number of anilines is 1. The number of sulfonamides is 1. The summed E-state index contributed by atoms with van der Waals surface area (Å²) in [6.07, 6.45) is 0. The summed E-state index contributed by atoms with van der Waals surface area (Å²) in [6, 6.07) is 6.84. The average Bonchev–Trinajstić information content (AvgIpc) is 2.72. The summed E-state index contributed by atoms with van der Waals surface area (Å²) in [5, 5.41) is 15.4. The van der Waals surface area contributed by atoms with E-state index in [2.05, 4.69) is 14.9 Å². The van der Waals surface area contributed by atoms with Crippen molar-refractivity contribution in [3.8, 4) is 6.07 Å². The summed E-state index contributed by atoms with van der Waals surface area (Å²) >= 11 is 0. The van der Waals surface area contributed by atoms with E-state index in [1.54, 1.807) is 32.9 Å². The van der Waals surface area contributed by atoms with Crippen molar-refractivity contribution in [1.29, 1.82) is 5.26 Å². The van der Waals surface area contributed by atoms with Crippen LogP contribution in [0.15, 0.2) is 23.1 Å². The van der Waals surface area contributed by atoms with Gasteiger partial charge in [-0.05, 0) is 38.5 Å². The molecule has 1 heterocycles. The molecule has 2 aromatic rings. The lowest BCUT2D eigenvalue weighted by molar-refractivity contribution is 0.600. The molecule has 0 aliphatic carbocycles. The van der Waals surface area contributed by atoms with Gasteiger partial charge in [0.15, 0.2) is 0 Å². The largest absolute Gasteiger partial charge is 0.281 e. The van der Waals surface area contributed by atoms with Crippen LogP contribution in [-0.2, 0) is 10.0 Å². The number of H-pyrrole nitrogens is 1. The van der Waals surface area contributed by atoms with Crippen LogP contribution in [0.2, 0.25) is 0 Å². The molecule has 0 atom stereocenters. The molecule has 6 nitrogen and oxygen atoms in total. The van der Waals surface area contributed by atoms with Gasteiger partial charge in [0.2, 0.25) is 0 Å². The summed E-state index contributed by atoms with van der Waals surface area (Å²) < 4.78 is 27.3. The van der Waals surface area contributed by atoms with Crippen LogP contribution in [0.1, 0.15) is 22.5 Å². The van der Waals surface area contributed by atoms with E-state index in [4.69, 9.17) is 5.26 Å². The average molecular weight is 290 g/mol. The Kier molecular flexibility index (Phi) is 3.51. The van der Waals surface area contributed by atoms with Gasteiger partial charge in [-0.15, -0.1) is 0 Å². The van der Waals surface area contributed by atoms with Crippen LogP contribution in [0.3, 0.4) is 0 Å². The van der Waals surface area contributed by atoms with Crippen LogP contribution in [0, 0.1) is 32.1 Å². The molecule has 0 radical (unpaired) electrons. The second-order valence-electron chi connectivity index (χ2n) is 4.51. The number of nitriles is 1. The molecule has 1 aromatic heterocycles. The monoisotopic (exact) mass is 290 g/mol. The minimum Gasteiger partial charge on any atom is -0.281 e. The Bertz CT molecular complexity index is 781. The maximum atomic E-state index is 12.4. The number of hydrogen-bond acceptors (Lipinski definition) is 4. The molecule has 20 heavy (non-hydrogen) atoms. The summed E-state index contributed by atoms with van der Waals surface area (Å²) in [5.74, 6) is 0. The Hall–Kier alpha value is -2.33. The molecular weight excluding hydrogens is 276 g/mol. The summed E-state index contributed by atoms with van der Waals surface area (Å²) in [5.41, 5.74) is 2.41. The highest BCUT2D eigenvalue weighted by atomic mass is 32.2. The van der Waals surface area contributed by atoms with Crippen LogP contribution in [0.25, 0.3) is 0 Å². The van der Waals surface area contributed by atoms with Crippen LogP contribution in [0.5, 0.6) is 0 Å². The van der Waals surface area contributed by atoms with Gasteiger partial charge in [-0.1, -0.05) is 6.07 Å². The van der Waals surface area contributed by atoms with Gasteiger partial charge in [0.05, 0.1) is 28.7 Å². The molecule has 0 amide bonds. The number of aryl methyl sites for hydroxylation is 3. The normalized spacial score (nSPS) is 11.1. The van der Waals surface area contributed by atoms with Crippen LogP contribution in [-0.4, -0.2) is 18.6 Å². The molecule has 0 bridgehead atoms. The van der Waals surface area contributed by atoms with Crippen molar-refractivity contribution < 1.29 is 8.42 Å². The Labute approximate surface area is 117 Å². The Morgan fingerprint density at radius 2 is 2.00 bits per heavy atom. The van der Waals surface area contributed by atoms with Crippen molar-refractivity contribution in [3.05, 3.63) is 40.7 Å². The first-order chi connectivity index (χ1) is 9.35.